The smallest absolute Gasteiger partial charge is 0.337 e. The minimum atomic E-state index is -2.42. The maximum absolute atomic E-state index is 12.2. The lowest BCUT2D eigenvalue weighted by Crippen LogP contribution is -2.68. The first kappa shape index (κ1) is 39.2. The highest BCUT2D eigenvalue weighted by molar-refractivity contribution is 8.25. The standard InChI is InChI=1S/C46H70N2O5S/c1-30(2)35-15-20-46(48(25-26-49)24-23-47-28-34-27-33(47)29-54(34,51)52)22-21-44(6)37(40(35)46)13-14-39-43(5)18-16-36(31-9-11-32(12-10-31)41(50)53-8)42(3,4)38(43)17-19-45(39,44)7/h9-12,16,33-35,37-40,49,51-52H,1,13-15,17-29H2,2-8H3/t33-,34-,35-,37+,38-,39+,40+,43-,44+,45+,46-/m0/s1. The Balaban J connectivity index is 1.08. The van der Waals surface area contributed by atoms with E-state index in [1.807, 2.05) is 12.1 Å². The van der Waals surface area contributed by atoms with Crippen LogP contribution >= 0.6 is 10.6 Å². The maximum atomic E-state index is 12.2. The van der Waals surface area contributed by atoms with E-state index in [1.54, 1.807) is 0 Å². The lowest BCUT2D eigenvalue weighted by molar-refractivity contribution is -0.228. The van der Waals surface area contributed by atoms with Gasteiger partial charge in [0.2, 0.25) is 0 Å². The molecule has 6 fully saturated rings. The van der Waals surface area contributed by atoms with Gasteiger partial charge in [-0.3, -0.25) is 18.9 Å². The summed E-state index contributed by atoms with van der Waals surface area (Å²) in [6.45, 7) is 23.6. The number of rotatable bonds is 9. The summed E-state index contributed by atoms with van der Waals surface area (Å²) in [5, 5.41) is 10.6. The number of allylic oxidation sites excluding steroid dienone is 3. The Morgan fingerprint density at radius 1 is 0.963 bits per heavy atom. The summed E-state index contributed by atoms with van der Waals surface area (Å²) in [7, 11) is -0.977. The molecule has 4 saturated carbocycles. The van der Waals surface area contributed by atoms with Gasteiger partial charge >= 0.3 is 5.97 Å². The van der Waals surface area contributed by atoms with E-state index in [0.29, 0.717) is 46.9 Å². The summed E-state index contributed by atoms with van der Waals surface area (Å²) >= 11 is 0. The Hall–Kier alpha value is -1.68. The molecule has 0 unspecified atom stereocenters. The van der Waals surface area contributed by atoms with E-state index in [4.69, 9.17) is 4.74 Å². The van der Waals surface area contributed by atoms with Crippen LogP contribution in [0.4, 0.5) is 0 Å². The predicted molar refractivity (Wildman–Crippen MR) is 221 cm³/mol. The third-order valence-corrected chi connectivity index (χ3v) is 20.6. The van der Waals surface area contributed by atoms with Gasteiger partial charge in [0, 0.05) is 37.8 Å². The number of benzene rings is 1. The van der Waals surface area contributed by atoms with Crippen LogP contribution < -0.4 is 0 Å². The highest BCUT2D eigenvalue weighted by atomic mass is 32.3. The van der Waals surface area contributed by atoms with E-state index in [-0.39, 0.29) is 45.0 Å². The van der Waals surface area contributed by atoms with Gasteiger partial charge in [-0.05, 0) is 146 Å². The van der Waals surface area contributed by atoms with E-state index in [2.05, 4.69) is 76.1 Å². The molecule has 54 heavy (non-hydrogen) atoms. The van der Waals surface area contributed by atoms with Crippen LogP contribution in [0.5, 0.6) is 0 Å². The highest BCUT2D eigenvalue weighted by Crippen LogP contribution is 2.77. The van der Waals surface area contributed by atoms with Crippen molar-refractivity contribution in [2.45, 2.75) is 123 Å². The summed E-state index contributed by atoms with van der Waals surface area (Å²) in [6.07, 6.45) is 14.5. The number of hydrogen-bond acceptors (Lipinski definition) is 7. The van der Waals surface area contributed by atoms with Gasteiger partial charge in [0.25, 0.3) is 0 Å². The minimum Gasteiger partial charge on any atom is -0.465 e. The van der Waals surface area contributed by atoms with E-state index in [0.717, 1.165) is 39.0 Å². The van der Waals surface area contributed by atoms with Crippen molar-refractivity contribution in [2.24, 2.45) is 51.2 Å². The largest absolute Gasteiger partial charge is 0.465 e. The van der Waals surface area contributed by atoms with Crippen LogP contribution in [-0.4, -0.2) is 92.5 Å². The van der Waals surface area contributed by atoms with Crippen molar-refractivity contribution in [3.8, 4) is 0 Å². The molecular weight excluding hydrogens is 693 g/mol. The Morgan fingerprint density at radius 3 is 2.33 bits per heavy atom. The SMILES string of the molecule is C=C(C)[C@@H]1CC[C@]2(N(CCO)CCN3C[C@@H]4C[C@H]3CS4(O)O)CC[C@]3(C)[C@H](CC[C@@H]4[C@@]5(C)CC=C(c6ccc(C(=O)OC)cc6)C(C)(C)[C@@H]5CC[C@]43C)[C@@H]12. The van der Waals surface area contributed by atoms with Gasteiger partial charge in [-0.15, -0.1) is 0 Å². The van der Waals surface area contributed by atoms with Gasteiger partial charge in [0.05, 0.1) is 30.3 Å². The molecule has 2 bridgehead atoms. The molecule has 0 aromatic heterocycles. The summed E-state index contributed by atoms with van der Waals surface area (Å²) in [5.74, 6) is 3.20. The Labute approximate surface area is 327 Å². The first-order chi connectivity index (χ1) is 25.5. The third kappa shape index (κ3) is 5.56. The number of aliphatic hydroxyl groups excluding tert-OH is 1. The number of ether oxygens (including phenoxy) is 1. The number of methoxy groups -OCH3 is 1. The van der Waals surface area contributed by atoms with E-state index < -0.39 is 10.6 Å². The second-order valence-electron chi connectivity index (χ2n) is 20.5. The van der Waals surface area contributed by atoms with Gasteiger partial charge in [0.1, 0.15) is 0 Å². The monoisotopic (exact) mass is 763 g/mol. The van der Waals surface area contributed by atoms with Gasteiger partial charge in [-0.1, -0.05) is 65.0 Å². The molecule has 7 nitrogen and oxygen atoms in total. The van der Waals surface area contributed by atoms with Crippen molar-refractivity contribution >= 4 is 22.1 Å². The van der Waals surface area contributed by atoms with Crippen LogP contribution in [0.15, 0.2) is 42.5 Å². The van der Waals surface area contributed by atoms with Crippen LogP contribution in [0.25, 0.3) is 5.57 Å². The number of esters is 1. The van der Waals surface area contributed by atoms with Crippen molar-refractivity contribution < 1.29 is 23.7 Å². The molecule has 7 aliphatic rings. The molecule has 3 N–H and O–H groups in total. The number of carbonyl (C=O) groups excluding carboxylic acids is 1. The van der Waals surface area contributed by atoms with Crippen LogP contribution in [0, 0.1) is 51.2 Å². The highest BCUT2D eigenvalue weighted by Gasteiger charge is 2.71. The van der Waals surface area contributed by atoms with Gasteiger partial charge in [0.15, 0.2) is 0 Å². The number of aliphatic hydroxyl groups is 1. The van der Waals surface area contributed by atoms with Crippen LogP contribution in [0.2, 0.25) is 0 Å². The quantitative estimate of drug-likeness (QED) is 0.171. The molecule has 0 amide bonds. The van der Waals surface area contributed by atoms with Crippen molar-refractivity contribution in [3.05, 3.63) is 53.6 Å². The molecule has 2 heterocycles. The first-order valence-corrected chi connectivity index (χ1v) is 23.1. The molecule has 0 radical (unpaired) electrons. The number of β-amino-alcohol motifs (C(OH)–C–C–N with tert-alkyl or cyclic N) is 1. The molecule has 1 aromatic carbocycles. The average molecular weight is 763 g/mol. The summed E-state index contributed by atoms with van der Waals surface area (Å²) < 4.78 is 26.1. The van der Waals surface area contributed by atoms with Gasteiger partial charge < -0.3 is 9.84 Å². The Kier molecular flexibility index (Phi) is 9.75. The number of carbonyl (C=O) groups is 1. The molecule has 8 heteroatoms. The van der Waals surface area contributed by atoms with E-state index >= 15 is 0 Å². The summed E-state index contributed by atoms with van der Waals surface area (Å²) in [5.41, 5.74) is 5.43. The topological polar surface area (TPSA) is 93.5 Å². The molecule has 1 aromatic rings. The minimum absolute atomic E-state index is 0.0217. The zero-order chi connectivity index (χ0) is 38.6. The molecular formula is C46H70N2O5S. The first-order valence-electron chi connectivity index (χ1n) is 21.4. The van der Waals surface area contributed by atoms with E-state index in [1.165, 1.54) is 75.2 Å². The number of hydrogen-bond donors (Lipinski definition) is 3. The van der Waals surface area contributed by atoms with Crippen molar-refractivity contribution in [1.82, 2.24) is 9.80 Å². The normalized spacial score (nSPS) is 43.8. The molecule has 0 spiro atoms. The number of fused-ring (bicyclic) bond motifs is 9. The third-order valence-electron chi connectivity index (χ3n) is 18.3. The van der Waals surface area contributed by atoms with E-state index in [9.17, 15) is 19.0 Å². The zero-order valence-electron chi connectivity index (χ0n) is 34.4. The molecule has 5 aliphatic carbocycles. The Bertz CT molecular complexity index is 1670. The van der Waals surface area contributed by atoms with Crippen molar-refractivity contribution in [3.63, 3.8) is 0 Å². The average Bonchev–Trinajstić information content (AvgIpc) is 3.80. The fourth-order valence-corrected chi connectivity index (χ4v) is 17.8. The summed E-state index contributed by atoms with van der Waals surface area (Å²) in [4.78, 5) is 17.5. The Morgan fingerprint density at radius 2 is 1.70 bits per heavy atom. The van der Waals surface area contributed by atoms with Crippen LogP contribution in [0.3, 0.4) is 0 Å². The van der Waals surface area contributed by atoms with Gasteiger partial charge in [-0.25, -0.2) is 4.79 Å². The predicted octanol–water partition coefficient (Wildman–Crippen LogP) is 9.38. The van der Waals surface area contributed by atoms with Crippen molar-refractivity contribution in [1.29, 1.82) is 0 Å². The molecule has 8 rings (SSSR count). The molecule has 2 saturated heterocycles. The lowest BCUT2D eigenvalue weighted by atomic mass is 9.33. The number of nitrogens with zero attached hydrogens (tertiary/aromatic N) is 2. The maximum Gasteiger partial charge on any atom is 0.337 e. The van der Waals surface area contributed by atoms with Crippen molar-refractivity contribution in [2.75, 3.05) is 45.6 Å². The molecule has 2 aliphatic heterocycles. The van der Waals surface area contributed by atoms with Crippen LogP contribution in [0.1, 0.15) is 122 Å². The number of likely N-dealkylation sites (tertiary alicyclic amines) is 1. The lowest BCUT2D eigenvalue weighted by Gasteiger charge is -2.73. The second-order valence-corrected chi connectivity index (χ2v) is 22.9. The fourth-order valence-electron chi connectivity index (χ4n) is 15.7. The molecule has 11 atom stereocenters. The second kappa shape index (κ2) is 13.4. The molecule has 300 valence electrons. The van der Waals surface area contributed by atoms with Gasteiger partial charge in [-0.2, -0.15) is 10.6 Å². The fraction of sp³-hybridized carbons (Fsp3) is 0.761. The summed E-state index contributed by atoms with van der Waals surface area (Å²) in [6, 6.07) is 8.39. The zero-order valence-corrected chi connectivity index (χ0v) is 35.2. The van der Waals surface area contributed by atoms with Crippen LogP contribution in [-0.2, 0) is 4.74 Å².